The van der Waals surface area contributed by atoms with Crippen molar-refractivity contribution in [2.75, 3.05) is 6.61 Å². The Morgan fingerprint density at radius 3 is 2.61 bits per heavy atom. The van der Waals surface area contributed by atoms with Gasteiger partial charge in [-0.2, -0.15) is 0 Å². The number of aryl methyl sites for hydroxylation is 1. The second kappa shape index (κ2) is 6.64. The number of carbonyl (C=O) groups is 1. The maximum absolute atomic E-state index is 10.8. The zero-order chi connectivity index (χ0) is 13.7. The smallest absolute Gasteiger partial charge is 0.303 e. The fourth-order valence-electron chi connectivity index (χ4n) is 1.62. The molecular formula is C14H19ClO3. The molecular weight excluding hydrogens is 252 g/mol. The Labute approximate surface area is 113 Å². The number of halogens is 1. The topological polar surface area (TPSA) is 46.5 Å². The fraction of sp³-hybridized carbons (Fsp3) is 0.500. The number of carboxylic acids is 1. The number of carboxylic acid groups (broad SMARTS) is 1. The van der Waals surface area contributed by atoms with Crippen LogP contribution in [0.3, 0.4) is 0 Å². The van der Waals surface area contributed by atoms with E-state index in [1.165, 1.54) is 0 Å². The lowest BCUT2D eigenvalue weighted by atomic mass is 9.93. The minimum absolute atomic E-state index is 0.0125. The molecule has 0 amide bonds. The van der Waals surface area contributed by atoms with Crippen molar-refractivity contribution in [2.24, 2.45) is 11.8 Å². The summed E-state index contributed by atoms with van der Waals surface area (Å²) in [5, 5.41) is 9.54. The lowest BCUT2D eigenvalue weighted by Crippen LogP contribution is -2.21. The monoisotopic (exact) mass is 270 g/mol. The summed E-state index contributed by atoms with van der Waals surface area (Å²) in [5.41, 5.74) is 0.952. The number of benzene rings is 1. The molecule has 1 N–H and O–H groups in total. The molecule has 4 heteroatoms. The lowest BCUT2D eigenvalue weighted by molar-refractivity contribution is -0.138. The van der Waals surface area contributed by atoms with Crippen LogP contribution in [-0.4, -0.2) is 17.7 Å². The molecule has 1 atom stereocenters. The highest BCUT2D eigenvalue weighted by atomic mass is 35.5. The molecule has 0 saturated carbocycles. The third kappa shape index (κ3) is 4.57. The Hall–Kier alpha value is -1.22. The van der Waals surface area contributed by atoms with Gasteiger partial charge in [0.25, 0.3) is 0 Å². The molecule has 100 valence electrons. The van der Waals surface area contributed by atoms with Crippen LogP contribution in [0, 0.1) is 18.8 Å². The summed E-state index contributed by atoms with van der Waals surface area (Å²) >= 11 is 5.93. The molecule has 0 aliphatic rings. The summed E-state index contributed by atoms with van der Waals surface area (Å²) in [5.74, 6) is 0.227. The van der Waals surface area contributed by atoms with Crippen LogP contribution in [0.5, 0.6) is 5.75 Å². The first-order chi connectivity index (χ1) is 8.40. The van der Waals surface area contributed by atoms with Crippen molar-refractivity contribution in [3.8, 4) is 5.75 Å². The largest absolute Gasteiger partial charge is 0.493 e. The first kappa shape index (κ1) is 14.8. The van der Waals surface area contributed by atoms with E-state index in [0.29, 0.717) is 11.6 Å². The van der Waals surface area contributed by atoms with Crippen LogP contribution < -0.4 is 4.74 Å². The molecule has 0 fully saturated rings. The Morgan fingerprint density at radius 1 is 1.44 bits per heavy atom. The summed E-state index contributed by atoms with van der Waals surface area (Å²) < 4.78 is 5.64. The SMILES string of the molecule is Cc1cc(OCC(CC(=O)O)C(C)C)ccc1Cl. The molecule has 0 radical (unpaired) electrons. The highest BCUT2D eigenvalue weighted by Gasteiger charge is 2.18. The predicted octanol–water partition coefficient (Wildman–Crippen LogP) is 3.77. The zero-order valence-electron chi connectivity index (χ0n) is 10.9. The van der Waals surface area contributed by atoms with Gasteiger partial charge in [0.1, 0.15) is 5.75 Å². The summed E-state index contributed by atoms with van der Waals surface area (Å²) in [6, 6.07) is 5.45. The van der Waals surface area contributed by atoms with E-state index >= 15 is 0 Å². The van der Waals surface area contributed by atoms with E-state index < -0.39 is 5.97 Å². The van der Waals surface area contributed by atoms with E-state index in [4.69, 9.17) is 21.4 Å². The van der Waals surface area contributed by atoms with Crippen LogP contribution in [0.25, 0.3) is 0 Å². The molecule has 18 heavy (non-hydrogen) atoms. The number of aliphatic carboxylic acids is 1. The fourth-order valence-corrected chi connectivity index (χ4v) is 1.74. The molecule has 0 aromatic heterocycles. The van der Waals surface area contributed by atoms with Crippen molar-refractivity contribution in [3.63, 3.8) is 0 Å². The van der Waals surface area contributed by atoms with Gasteiger partial charge in [0.15, 0.2) is 0 Å². The van der Waals surface area contributed by atoms with Gasteiger partial charge in [-0.05, 0) is 36.6 Å². The summed E-state index contributed by atoms with van der Waals surface area (Å²) in [7, 11) is 0. The average molecular weight is 271 g/mol. The van der Waals surface area contributed by atoms with E-state index in [2.05, 4.69) is 0 Å². The summed E-state index contributed by atoms with van der Waals surface area (Å²) in [6.07, 6.45) is 0.129. The summed E-state index contributed by atoms with van der Waals surface area (Å²) in [6.45, 7) is 6.32. The van der Waals surface area contributed by atoms with E-state index in [1.807, 2.05) is 26.8 Å². The normalized spacial score (nSPS) is 12.5. The van der Waals surface area contributed by atoms with Gasteiger partial charge in [-0.1, -0.05) is 25.4 Å². The van der Waals surface area contributed by atoms with Gasteiger partial charge in [-0.15, -0.1) is 0 Å². The molecule has 1 unspecified atom stereocenters. The first-order valence-electron chi connectivity index (χ1n) is 6.01. The molecule has 1 aromatic rings. The number of hydrogen-bond acceptors (Lipinski definition) is 2. The van der Waals surface area contributed by atoms with Crippen molar-refractivity contribution in [1.82, 2.24) is 0 Å². The van der Waals surface area contributed by atoms with Crippen molar-refractivity contribution >= 4 is 17.6 Å². The molecule has 0 saturated heterocycles. The van der Waals surface area contributed by atoms with Gasteiger partial charge in [-0.25, -0.2) is 0 Å². The van der Waals surface area contributed by atoms with E-state index in [1.54, 1.807) is 12.1 Å². The molecule has 1 aromatic carbocycles. The average Bonchev–Trinajstić information content (AvgIpc) is 2.28. The Bertz CT molecular complexity index is 416. The molecule has 0 spiro atoms. The third-order valence-electron chi connectivity index (χ3n) is 2.97. The Balaban J connectivity index is 2.61. The van der Waals surface area contributed by atoms with Gasteiger partial charge in [0.05, 0.1) is 13.0 Å². The van der Waals surface area contributed by atoms with Crippen molar-refractivity contribution < 1.29 is 14.6 Å². The molecule has 3 nitrogen and oxygen atoms in total. The van der Waals surface area contributed by atoms with E-state index in [-0.39, 0.29) is 18.3 Å². The summed E-state index contributed by atoms with van der Waals surface area (Å²) in [4.78, 5) is 10.8. The maximum atomic E-state index is 10.8. The standard InChI is InChI=1S/C14H19ClO3/c1-9(2)11(7-14(16)17)8-18-12-4-5-13(15)10(3)6-12/h4-6,9,11H,7-8H2,1-3H3,(H,16,17). The Morgan fingerprint density at radius 2 is 2.11 bits per heavy atom. The molecule has 0 heterocycles. The van der Waals surface area contributed by atoms with Crippen LogP contribution in [-0.2, 0) is 4.79 Å². The van der Waals surface area contributed by atoms with Gasteiger partial charge in [-0.3, -0.25) is 4.79 Å². The minimum Gasteiger partial charge on any atom is -0.493 e. The predicted molar refractivity (Wildman–Crippen MR) is 72.3 cm³/mol. The van der Waals surface area contributed by atoms with Crippen molar-refractivity contribution in [3.05, 3.63) is 28.8 Å². The van der Waals surface area contributed by atoms with Gasteiger partial charge >= 0.3 is 5.97 Å². The third-order valence-corrected chi connectivity index (χ3v) is 3.40. The van der Waals surface area contributed by atoms with Crippen LogP contribution in [0.2, 0.25) is 5.02 Å². The van der Waals surface area contributed by atoms with Crippen LogP contribution in [0.4, 0.5) is 0 Å². The number of rotatable bonds is 6. The lowest BCUT2D eigenvalue weighted by Gasteiger charge is -2.19. The Kier molecular flexibility index (Phi) is 5.48. The highest BCUT2D eigenvalue weighted by molar-refractivity contribution is 6.31. The van der Waals surface area contributed by atoms with Gasteiger partial charge in [0.2, 0.25) is 0 Å². The minimum atomic E-state index is -0.787. The van der Waals surface area contributed by atoms with Crippen LogP contribution >= 0.6 is 11.6 Å². The second-order valence-electron chi connectivity index (χ2n) is 4.82. The van der Waals surface area contributed by atoms with E-state index in [0.717, 1.165) is 11.3 Å². The van der Waals surface area contributed by atoms with Gasteiger partial charge < -0.3 is 9.84 Å². The first-order valence-corrected chi connectivity index (χ1v) is 6.38. The quantitative estimate of drug-likeness (QED) is 0.856. The van der Waals surface area contributed by atoms with E-state index in [9.17, 15) is 4.79 Å². The second-order valence-corrected chi connectivity index (χ2v) is 5.23. The molecule has 0 aliphatic heterocycles. The maximum Gasteiger partial charge on any atom is 0.303 e. The molecule has 0 bridgehead atoms. The zero-order valence-corrected chi connectivity index (χ0v) is 11.7. The number of ether oxygens (including phenoxy) is 1. The van der Waals surface area contributed by atoms with Crippen LogP contribution in [0.1, 0.15) is 25.8 Å². The number of hydrogen-bond donors (Lipinski definition) is 1. The van der Waals surface area contributed by atoms with Gasteiger partial charge in [0, 0.05) is 10.9 Å². The van der Waals surface area contributed by atoms with Crippen LogP contribution in [0.15, 0.2) is 18.2 Å². The highest BCUT2D eigenvalue weighted by Crippen LogP contribution is 2.23. The van der Waals surface area contributed by atoms with Crippen molar-refractivity contribution in [1.29, 1.82) is 0 Å². The van der Waals surface area contributed by atoms with Crippen molar-refractivity contribution in [2.45, 2.75) is 27.2 Å². The molecule has 1 rings (SSSR count). The molecule has 0 aliphatic carbocycles.